The number of anilines is 1. The van der Waals surface area contributed by atoms with E-state index in [1.54, 1.807) is 55.7 Å². The van der Waals surface area contributed by atoms with Gasteiger partial charge in [-0.2, -0.15) is 0 Å². The van der Waals surface area contributed by atoms with Gasteiger partial charge in [0.15, 0.2) is 0 Å². The lowest BCUT2D eigenvalue weighted by Crippen LogP contribution is -2.28. The fourth-order valence-corrected chi connectivity index (χ4v) is 2.83. The number of aromatic nitrogens is 1. The van der Waals surface area contributed by atoms with E-state index in [0.29, 0.717) is 12.1 Å². The Balaban J connectivity index is 1.78. The smallest absolute Gasteiger partial charge is 0.253 e. The minimum absolute atomic E-state index is 0.0525. The van der Waals surface area contributed by atoms with E-state index in [9.17, 15) is 9.59 Å². The minimum atomic E-state index is -0.131. The molecule has 0 saturated heterocycles. The third-order valence-corrected chi connectivity index (χ3v) is 4.38. The number of hydrogen-bond acceptors (Lipinski definition) is 3. The Morgan fingerprint density at radius 2 is 1.66 bits per heavy atom. The molecule has 3 rings (SSSR count). The van der Waals surface area contributed by atoms with Crippen molar-refractivity contribution >= 4 is 23.6 Å². The highest BCUT2D eigenvalue weighted by atomic mass is 16.2. The standard InChI is InChI=1S/C24H23N3O2/c1-26(2)24(29)21-13-10-19(11-14-21)12-15-23(28)27(22-8-4-3-5-9-22)18-20-7-6-16-25-17-20/h3-17H,18H2,1-2H3/b15-12+. The lowest BCUT2D eigenvalue weighted by molar-refractivity contribution is -0.114. The van der Waals surface area contributed by atoms with Gasteiger partial charge in [-0.15, -0.1) is 0 Å². The molecule has 0 spiro atoms. The summed E-state index contributed by atoms with van der Waals surface area (Å²) in [6.07, 6.45) is 6.77. The predicted molar refractivity (Wildman–Crippen MR) is 115 cm³/mol. The van der Waals surface area contributed by atoms with Gasteiger partial charge >= 0.3 is 0 Å². The van der Waals surface area contributed by atoms with Gasteiger partial charge in [-0.1, -0.05) is 36.4 Å². The molecular formula is C24H23N3O2. The van der Waals surface area contributed by atoms with Gasteiger partial charge in [-0.25, -0.2) is 0 Å². The molecule has 0 aliphatic carbocycles. The Bertz CT molecular complexity index is 982. The van der Waals surface area contributed by atoms with Crippen LogP contribution in [0.4, 0.5) is 5.69 Å². The summed E-state index contributed by atoms with van der Waals surface area (Å²) in [5.74, 6) is -0.183. The molecule has 146 valence electrons. The number of nitrogens with zero attached hydrogens (tertiary/aromatic N) is 3. The van der Waals surface area contributed by atoms with E-state index in [4.69, 9.17) is 0 Å². The van der Waals surface area contributed by atoms with E-state index in [1.165, 1.54) is 4.90 Å². The molecule has 0 unspecified atom stereocenters. The zero-order valence-electron chi connectivity index (χ0n) is 16.5. The summed E-state index contributed by atoms with van der Waals surface area (Å²) in [6, 6.07) is 20.5. The summed E-state index contributed by atoms with van der Waals surface area (Å²) in [6.45, 7) is 0.428. The maximum Gasteiger partial charge on any atom is 0.253 e. The van der Waals surface area contributed by atoms with Gasteiger partial charge in [0.05, 0.1) is 6.54 Å². The second-order valence-corrected chi connectivity index (χ2v) is 6.78. The third kappa shape index (κ3) is 5.39. The molecule has 0 N–H and O–H groups in total. The van der Waals surface area contributed by atoms with Crippen LogP contribution in [0.1, 0.15) is 21.5 Å². The average Bonchev–Trinajstić information content (AvgIpc) is 2.77. The average molecular weight is 385 g/mol. The van der Waals surface area contributed by atoms with E-state index in [-0.39, 0.29) is 11.8 Å². The van der Waals surface area contributed by atoms with Gasteiger partial charge in [0, 0.05) is 43.8 Å². The molecule has 5 nitrogen and oxygen atoms in total. The highest BCUT2D eigenvalue weighted by molar-refractivity contribution is 6.03. The predicted octanol–water partition coefficient (Wildman–Crippen LogP) is 4.03. The van der Waals surface area contributed by atoms with Crippen molar-refractivity contribution < 1.29 is 9.59 Å². The normalized spacial score (nSPS) is 10.7. The third-order valence-electron chi connectivity index (χ3n) is 4.38. The highest BCUT2D eigenvalue weighted by Gasteiger charge is 2.14. The van der Waals surface area contributed by atoms with Crippen LogP contribution < -0.4 is 4.90 Å². The number of para-hydroxylation sites is 1. The van der Waals surface area contributed by atoms with Crippen LogP contribution in [0, 0.1) is 0 Å². The van der Waals surface area contributed by atoms with Crippen LogP contribution in [0.3, 0.4) is 0 Å². The van der Waals surface area contributed by atoms with Crippen LogP contribution in [-0.2, 0) is 11.3 Å². The van der Waals surface area contributed by atoms with Gasteiger partial charge in [0.1, 0.15) is 0 Å². The zero-order chi connectivity index (χ0) is 20.6. The summed E-state index contributed by atoms with van der Waals surface area (Å²) < 4.78 is 0. The Morgan fingerprint density at radius 1 is 0.931 bits per heavy atom. The van der Waals surface area contributed by atoms with Crippen molar-refractivity contribution in [1.29, 1.82) is 0 Å². The second kappa shape index (κ2) is 9.46. The quantitative estimate of drug-likeness (QED) is 0.602. The van der Waals surface area contributed by atoms with Crippen LogP contribution in [0.5, 0.6) is 0 Å². The summed E-state index contributed by atoms with van der Waals surface area (Å²) in [5, 5.41) is 0. The van der Waals surface area contributed by atoms with E-state index in [1.807, 2.05) is 54.6 Å². The molecule has 0 fully saturated rings. The van der Waals surface area contributed by atoms with Crippen molar-refractivity contribution in [3.8, 4) is 0 Å². The van der Waals surface area contributed by atoms with E-state index in [2.05, 4.69) is 4.98 Å². The van der Waals surface area contributed by atoms with Crippen LogP contribution in [0.25, 0.3) is 6.08 Å². The number of pyridine rings is 1. The Hall–Kier alpha value is -3.73. The van der Waals surface area contributed by atoms with Gasteiger partial charge in [0.2, 0.25) is 0 Å². The first-order valence-corrected chi connectivity index (χ1v) is 9.30. The molecule has 0 radical (unpaired) electrons. The fourth-order valence-electron chi connectivity index (χ4n) is 2.83. The molecule has 0 aliphatic rings. The monoisotopic (exact) mass is 385 g/mol. The van der Waals surface area contributed by atoms with Gasteiger partial charge in [-0.05, 0) is 47.5 Å². The van der Waals surface area contributed by atoms with Crippen LogP contribution >= 0.6 is 0 Å². The molecular weight excluding hydrogens is 362 g/mol. The Morgan fingerprint density at radius 3 is 2.28 bits per heavy atom. The van der Waals surface area contributed by atoms with E-state index < -0.39 is 0 Å². The van der Waals surface area contributed by atoms with E-state index in [0.717, 1.165) is 16.8 Å². The zero-order valence-corrected chi connectivity index (χ0v) is 16.5. The van der Waals surface area contributed by atoms with Crippen LogP contribution in [0.2, 0.25) is 0 Å². The molecule has 1 heterocycles. The molecule has 0 atom stereocenters. The molecule has 0 saturated carbocycles. The second-order valence-electron chi connectivity index (χ2n) is 6.78. The first kappa shape index (κ1) is 20.0. The van der Waals surface area contributed by atoms with Crippen molar-refractivity contribution in [3.05, 3.63) is 102 Å². The van der Waals surface area contributed by atoms with Crippen molar-refractivity contribution in [2.24, 2.45) is 0 Å². The molecule has 1 aromatic heterocycles. The molecule has 3 aromatic rings. The summed E-state index contributed by atoms with van der Waals surface area (Å²) in [4.78, 5) is 32.3. The fraction of sp³-hybridized carbons (Fsp3) is 0.125. The summed E-state index contributed by atoms with van der Waals surface area (Å²) in [7, 11) is 3.43. The maximum absolute atomic E-state index is 12.9. The Labute approximate surface area is 170 Å². The largest absolute Gasteiger partial charge is 0.345 e. The lowest BCUT2D eigenvalue weighted by atomic mass is 10.1. The Kier molecular flexibility index (Phi) is 6.53. The first-order chi connectivity index (χ1) is 14.0. The maximum atomic E-state index is 12.9. The van der Waals surface area contributed by atoms with E-state index >= 15 is 0 Å². The topological polar surface area (TPSA) is 53.5 Å². The molecule has 5 heteroatoms. The molecule has 29 heavy (non-hydrogen) atoms. The molecule has 2 amide bonds. The summed E-state index contributed by atoms with van der Waals surface area (Å²) in [5.41, 5.74) is 3.23. The number of carbonyl (C=O) groups excluding carboxylic acids is 2. The van der Waals surface area contributed by atoms with Crippen LogP contribution in [-0.4, -0.2) is 35.8 Å². The first-order valence-electron chi connectivity index (χ1n) is 9.30. The number of benzene rings is 2. The number of hydrogen-bond donors (Lipinski definition) is 0. The SMILES string of the molecule is CN(C)C(=O)c1ccc(/C=C/C(=O)N(Cc2cccnc2)c2ccccc2)cc1. The summed E-state index contributed by atoms with van der Waals surface area (Å²) >= 11 is 0. The van der Waals surface area contributed by atoms with Gasteiger partial charge in [0.25, 0.3) is 11.8 Å². The van der Waals surface area contributed by atoms with Gasteiger partial charge < -0.3 is 9.80 Å². The molecule has 0 bridgehead atoms. The van der Waals surface area contributed by atoms with Crippen molar-refractivity contribution in [2.75, 3.05) is 19.0 Å². The lowest BCUT2D eigenvalue weighted by Gasteiger charge is -2.21. The minimum Gasteiger partial charge on any atom is -0.345 e. The van der Waals surface area contributed by atoms with Crippen LogP contribution in [0.15, 0.2) is 85.2 Å². The van der Waals surface area contributed by atoms with Crippen molar-refractivity contribution in [2.45, 2.75) is 6.54 Å². The van der Waals surface area contributed by atoms with Crippen molar-refractivity contribution in [3.63, 3.8) is 0 Å². The highest BCUT2D eigenvalue weighted by Crippen LogP contribution is 2.18. The number of rotatable bonds is 6. The molecule has 0 aliphatic heterocycles. The van der Waals surface area contributed by atoms with Gasteiger partial charge in [-0.3, -0.25) is 14.6 Å². The molecule has 2 aromatic carbocycles. The van der Waals surface area contributed by atoms with Crippen molar-refractivity contribution in [1.82, 2.24) is 9.88 Å². The number of amides is 2. The number of carbonyl (C=O) groups is 2.